The van der Waals surface area contributed by atoms with E-state index in [1.807, 2.05) is 25.1 Å². The molecule has 0 saturated heterocycles. The molecule has 7 heteroatoms. The minimum Gasteiger partial charge on any atom is -0.507 e. The van der Waals surface area contributed by atoms with Crippen LogP contribution in [0.5, 0.6) is 5.75 Å². The molecule has 1 amide bonds. The predicted molar refractivity (Wildman–Crippen MR) is 100 cm³/mol. The monoisotopic (exact) mass is 412 g/mol. The number of hydrogen-bond acceptors (Lipinski definition) is 5. The zero-order valence-electron chi connectivity index (χ0n) is 13.6. The number of aromatic nitrogens is 1. The fourth-order valence-corrected chi connectivity index (χ4v) is 2.88. The number of benzene rings is 2. The number of phenolic OH excluding ortho intramolecular Hbond substituents is 1. The number of carbonyl (C=O) groups is 1. The summed E-state index contributed by atoms with van der Waals surface area (Å²) in [5.74, 6) is 0.0117. The van der Waals surface area contributed by atoms with Crippen molar-refractivity contribution in [2.75, 3.05) is 5.32 Å². The molecule has 0 unspecified atom stereocenters. The summed E-state index contributed by atoms with van der Waals surface area (Å²) in [6.07, 6.45) is 0. The van der Waals surface area contributed by atoms with Crippen molar-refractivity contribution in [3.05, 3.63) is 64.5 Å². The average molecular weight is 413 g/mol. The summed E-state index contributed by atoms with van der Waals surface area (Å²) >= 11 is 3.15. The van der Waals surface area contributed by atoms with Gasteiger partial charge in [-0.05, 0) is 64.8 Å². The number of aromatic hydroxyl groups is 1. The molecule has 0 aliphatic heterocycles. The molecule has 6 nitrogen and oxygen atoms in total. The maximum Gasteiger partial charge on any atom is 0.291 e. The standard InChI is InChI=1S/C19H13BrN2O4/c1-10-2-5-15-13(8-10)22-19(26-15)12-4-3-11(9-14(12)23)21-18(24)16-6-7-17(20)25-16/h2-9,23H,1H3,(H,21,24). The summed E-state index contributed by atoms with van der Waals surface area (Å²) in [5, 5.41) is 13.0. The van der Waals surface area contributed by atoms with Crippen LogP contribution in [0.15, 0.2) is 62.0 Å². The first-order valence-corrected chi connectivity index (χ1v) is 8.56. The Labute approximate surface area is 156 Å². The van der Waals surface area contributed by atoms with E-state index in [1.54, 1.807) is 24.3 Å². The van der Waals surface area contributed by atoms with Crippen molar-refractivity contribution in [3.8, 4) is 17.2 Å². The van der Waals surface area contributed by atoms with Crippen molar-refractivity contribution in [2.24, 2.45) is 0 Å². The third-order valence-corrected chi connectivity index (χ3v) is 4.25. The number of furan rings is 1. The molecule has 0 spiro atoms. The number of aryl methyl sites for hydroxylation is 1. The highest BCUT2D eigenvalue weighted by Crippen LogP contribution is 2.33. The number of nitrogens with one attached hydrogen (secondary N) is 1. The first-order valence-electron chi connectivity index (χ1n) is 7.77. The molecule has 0 radical (unpaired) electrons. The topological polar surface area (TPSA) is 88.5 Å². The maximum atomic E-state index is 12.1. The smallest absolute Gasteiger partial charge is 0.291 e. The van der Waals surface area contributed by atoms with Gasteiger partial charge in [0.1, 0.15) is 11.3 Å². The number of rotatable bonds is 3. The molecule has 2 aromatic heterocycles. The summed E-state index contributed by atoms with van der Waals surface area (Å²) in [7, 11) is 0. The summed E-state index contributed by atoms with van der Waals surface area (Å²) in [5.41, 5.74) is 3.31. The lowest BCUT2D eigenvalue weighted by Crippen LogP contribution is -2.10. The largest absolute Gasteiger partial charge is 0.507 e. The molecule has 0 bridgehead atoms. The zero-order valence-corrected chi connectivity index (χ0v) is 15.2. The number of halogens is 1. The van der Waals surface area contributed by atoms with E-state index in [-0.39, 0.29) is 11.5 Å². The summed E-state index contributed by atoms with van der Waals surface area (Å²) in [6, 6.07) is 13.6. The molecular weight excluding hydrogens is 400 g/mol. The predicted octanol–water partition coefficient (Wildman–Crippen LogP) is 5.12. The summed E-state index contributed by atoms with van der Waals surface area (Å²) in [6.45, 7) is 1.97. The van der Waals surface area contributed by atoms with Crippen LogP contribution in [0.2, 0.25) is 0 Å². The fraction of sp³-hybridized carbons (Fsp3) is 0.0526. The zero-order chi connectivity index (χ0) is 18.3. The van der Waals surface area contributed by atoms with E-state index >= 15 is 0 Å². The molecule has 0 fully saturated rings. The molecular formula is C19H13BrN2O4. The van der Waals surface area contributed by atoms with Gasteiger partial charge in [0, 0.05) is 11.8 Å². The first-order chi connectivity index (χ1) is 12.5. The molecule has 26 heavy (non-hydrogen) atoms. The minimum atomic E-state index is -0.416. The number of carbonyl (C=O) groups excluding carboxylic acids is 1. The van der Waals surface area contributed by atoms with E-state index in [4.69, 9.17) is 8.83 Å². The number of amides is 1. The first kappa shape index (κ1) is 16.4. The number of nitrogens with zero attached hydrogens (tertiary/aromatic N) is 1. The van der Waals surface area contributed by atoms with Gasteiger partial charge in [0.05, 0.1) is 5.56 Å². The lowest BCUT2D eigenvalue weighted by atomic mass is 10.1. The number of hydrogen-bond donors (Lipinski definition) is 2. The summed E-state index contributed by atoms with van der Waals surface area (Å²) in [4.78, 5) is 16.5. The van der Waals surface area contributed by atoms with Crippen molar-refractivity contribution >= 4 is 38.6 Å². The Morgan fingerprint density at radius 1 is 1.12 bits per heavy atom. The van der Waals surface area contributed by atoms with Gasteiger partial charge in [-0.3, -0.25) is 4.79 Å². The second kappa shape index (κ2) is 6.34. The molecule has 2 aromatic carbocycles. The van der Waals surface area contributed by atoms with Crippen LogP contribution in [0.3, 0.4) is 0 Å². The van der Waals surface area contributed by atoms with Crippen molar-refractivity contribution in [1.29, 1.82) is 0 Å². The Morgan fingerprint density at radius 2 is 1.96 bits per heavy atom. The van der Waals surface area contributed by atoms with E-state index in [0.717, 1.165) is 11.1 Å². The van der Waals surface area contributed by atoms with Crippen molar-refractivity contribution in [1.82, 2.24) is 4.98 Å². The van der Waals surface area contributed by atoms with Crippen molar-refractivity contribution < 1.29 is 18.7 Å². The Morgan fingerprint density at radius 3 is 2.69 bits per heavy atom. The molecule has 0 saturated carbocycles. The molecule has 4 aromatic rings. The van der Waals surface area contributed by atoms with Crippen LogP contribution in [0, 0.1) is 6.92 Å². The second-order valence-electron chi connectivity index (χ2n) is 5.78. The van der Waals surface area contributed by atoms with Gasteiger partial charge in [0.2, 0.25) is 5.89 Å². The van der Waals surface area contributed by atoms with Gasteiger partial charge in [-0.1, -0.05) is 6.07 Å². The summed E-state index contributed by atoms with van der Waals surface area (Å²) < 4.78 is 11.4. The van der Waals surface area contributed by atoms with Crippen LogP contribution in [0.1, 0.15) is 16.1 Å². The molecule has 130 valence electrons. The Hall–Kier alpha value is -3.06. The maximum absolute atomic E-state index is 12.1. The Bertz CT molecular complexity index is 1130. The minimum absolute atomic E-state index is 0.0493. The normalized spacial score (nSPS) is 11.0. The highest BCUT2D eigenvalue weighted by Gasteiger charge is 2.15. The highest BCUT2D eigenvalue weighted by atomic mass is 79.9. The molecule has 0 atom stereocenters. The van der Waals surface area contributed by atoms with Crippen LogP contribution < -0.4 is 5.32 Å². The van der Waals surface area contributed by atoms with E-state index in [1.165, 1.54) is 6.07 Å². The Balaban J connectivity index is 1.61. The molecule has 4 rings (SSSR count). The van der Waals surface area contributed by atoms with Crippen molar-refractivity contribution in [2.45, 2.75) is 6.92 Å². The van der Waals surface area contributed by atoms with Crippen LogP contribution in [-0.4, -0.2) is 16.0 Å². The van der Waals surface area contributed by atoms with Crippen LogP contribution in [0.4, 0.5) is 5.69 Å². The average Bonchev–Trinajstić information content (AvgIpc) is 3.20. The highest BCUT2D eigenvalue weighted by molar-refractivity contribution is 9.10. The van der Waals surface area contributed by atoms with Crippen LogP contribution in [0.25, 0.3) is 22.6 Å². The molecule has 0 aliphatic carbocycles. The lowest BCUT2D eigenvalue weighted by molar-refractivity contribution is 0.0995. The quantitative estimate of drug-likeness (QED) is 0.487. The van der Waals surface area contributed by atoms with Gasteiger partial charge < -0.3 is 19.3 Å². The van der Waals surface area contributed by atoms with E-state index < -0.39 is 5.91 Å². The number of oxazole rings is 1. The van der Waals surface area contributed by atoms with Crippen molar-refractivity contribution in [3.63, 3.8) is 0 Å². The third-order valence-electron chi connectivity index (χ3n) is 3.83. The van der Waals surface area contributed by atoms with Gasteiger partial charge in [-0.2, -0.15) is 0 Å². The van der Waals surface area contributed by atoms with Gasteiger partial charge in [0.15, 0.2) is 16.0 Å². The SMILES string of the molecule is Cc1ccc2oc(-c3ccc(NC(=O)c4ccc(Br)o4)cc3O)nc2c1. The number of fused-ring (bicyclic) bond motifs is 1. The van der Waals surface area contributed by atoms with Crippen LogP contribution in [-0.2, 0) is 0 Å². The van der Waals surface area contributed by atoms with Gasteiger partial charge in [-0.25, -0.2) is 4.98 Å². The molecule has 2 N–H and O–H groups in total. The van der Waals surface area contributed by atoms with Gasteiger partial charge in [-0.15, -0.1) is 0 Å². The lowest BCUT2D eigenvalue weighted by Gasteiger charge is -2.06. The molecule has 0 aliphatic rings. The van der Waals surface area contributed by atoms with E-state index in [9.17, 15) is 9.90 Å². The molecule has 2 heterocycles. The number of phenols is 1. The third kappa shape index (κ3) is 3.09. The number of anilines is 1. The Kier molecular flexibility index (Phi) is 4.00. The van der Waals surface area contributed by atoms with Crippen LogP contribution >= 0.6 is 15.9 Å². The van der Waals surface area contributed by atoms with Gasteiger partial charge in [0.25, 0.3) is 5.91 Å². The fourth-order valence-electron chi connectivity index (χ4n) is 2.57. The second-order valence-corrected chi connectivity index (χ2v) is 6.56. The van der Waals surface area contributed by atoms with E-state index in [2.05, 4.69) is 26.2 Å². The van der Waals surface area contributed by atoms with Gasteiger partial charge >= 0.3 is 0 Å². The van der Waals surface area contributed by atoms with E-state index in [0.29, 0.717) is 27.4 Å².